The van der Waals surface area contributed by atoms with Crippen molar-refractivity contribution in [1.29, 1.82) is 0 Å². The summed E-state index contributed by atoms with van der Waals surface area (Å²) in [7, 11) is 0. The summed E-state index contributed by atoms with van der Waals surface area (Å²) in [6.07, 6.45) is 19.1. The molecule has 0 unspecified atom stereocenters. The van der Waals surface area contributed by atoms with E-state index in [0.29, 0.717) is 23.4 Å². The van der Waals surface area contributed by atoms with Gasteiger partial charge in [-0.3, -0.25) is 19.8 Å². The summed E-state index contributed by atoms with van der Waals surface area (Å²) >= 11 is 3.30. The molecule has 0 amide bonds. The number of hydrogen-bond donors (Lipinski definition) is 0. The summed E-state index contributed by atoms with van der Waals surface area (Å²) in [5.41, 5.74) is 24.3. The predicted octanol–water partition coefficient (Wildman–Crippen LogP) is 25.7. The molecule has 0 N–H and O–H groups in total. The van der Waals surface area contributed by atoms with Crippen molar-refractivity contribution in [2.24, 2.45) is 0 Å². The van der Waals surface area contributed by atoms with E-state index in [1.165, 1.54) is 0 Å². The van der Waals surface area contributed by atoms with Crippen LogP contribution in [0, 0.1) is 24.3 Å². The number of anilines is 6. The molecule has 18 heterocycles. The monoisotopic (exact) mass is 2510 g/mol. The van der Waals surface area contributed by atoms with Gasteiger partial charge >= 0.3 is 80.3 Å². The third kappa shape index (κ3) is 18.0. The van der Waals surface area contributed by atoms with Crippen molar-refractivity contribution in [1.82, 2.24) is 88.0 Å². The molecule has 14 aromatic heterocycles. The van der Waals surface area contributed by atoms with E-state index in [1.807, 2.05) is 156 Å². The molecule has 28 heteroatoms. The molecule has 0 saturated carbocycles. The first-order chi connectivity index (χ1) is 67.8. The molecule has 0 atom stereocenters. The number of benzene rings is 8. The van der Waals surface area contributed by atoms with Gasteiger partial charge in [0.05, 0.1) is 45.3 Å². The zero-order valence-electron chi connectivity index (χ0n) is 80.2. The molecular weight excluding hydrogens is 2420 g/mol. The largest absolute Gasteiger partial charge is 2.00 e. The van der Waals surface area contributed by atoms with Crippen LogP contribution in [0.4, 0.5) is 34.8 Å². The molecule has 0 fully saturated rings. The van der Waals surface area contributed by atoms with Crippen molar-refractivity contribution < 1.29 is 89.1 Å². The second-order valence-electron chi connectivity index (χ2n) is 38.3. The first-order valence-corrected chi connectivity index (χ1v) is 48.1. The summed E-state index contributed by atoms with van der Waals surface area (Å²) in [5.74, 6) is 3.67. The molecule has 0 spiro atoms. The maximum absolute atomic E-state index is 6.02. The summed E-state index contributed by atoms with van der Waals surface area (Å²) in [6.45, 7) is 26.1. The topological polar surface area (TPSA) is 238 Å². The molecule has 0 aliphatic carbocycles. The van der Waals surface area contributed by atoms with Crippen molar-refractivity contribution >= 4 is 57.5 Å². The Morgan fingerprint density at radius 3 is 0.826 bits per heavy atom. The van der Waals surface area contributed by atoms with Gasteiger partial charge in [0.2, 0.25) is 0 Å². The molecule has 144 heavy (non-hydrogen) atoms. The van der Waals surface area contributed by atoms with Crippen LogP contribution in [-0.4, -0.2) is 68.1 Å². The predicted molar refractivity (Wildman–Crippen MR) is 548 cm³/mol. The van der Waals surface area contributed by atoms with E-state index in [4.69, 9.17) is 68.6 Å². The third-order valence-electron chi connectivity index (χ3n) is 26.7. The van der Waals surface area contributed by atoms with Crippen LogP contribution in [0.25, 0.3) is 113 Å². The first kappa shape index (κ1) is 98.7. The van der Waals surface area contributed by atoms with Gasteiger partial charge in [-0.15, -0.1) is 162 Å². The maximum atomic E-state index is 6.02. The number of para-hydroxylation sites is 6. The molecule has 32 bridgehead atoms. The van der Waals surface area contributed by atoms with Crippen LogP contribution in [0.3, 0.4) is 0 Å². The van der Waals surface area contributed by atoms with Gasteiger partial charge in [0, 0.05) is 114 Å². The van der Waals surface area contributed by atoms with Crippen LogP contribution in [0.2, 0.25) is 0 Å². The first-order valence-electron chi connectivity index (χ1n) is 46.4. The fraction of sp³-hybridized carbons (Fsp3) is 0.155. The van der Waals surface area contributed by atoms with Gasteiger partial charge < -0.3 is 57.0 Å². The van der Waals surface area contributed by atoms with E-state index in [9.17, 15) is 0 Å². The van der Waals surface area contributed by atoms with Crippen molar-refractivity contribution in [3.8, 4) is 113 Å². The van der Waals surface area contributed by atoms with E-state index in [-0.39, 0.29) is 91.1 Å². The molecule has 0 saturated heterocycles. The molecule has 4 aliphatic heterocycles. The standard InChI is InChI=1S/2C32H28N6.C30H18N4O2.C22H18N4S2.Cu.3Pt/c2*1-31(2)27-17-15-23(33-27)26-20-38(22-13-9-6-10-14-22)30(36-26)32(3,4)28-18-16-24(34-28)25-19-37(29(31)35-25)21-11-7-5-8-12-21;1-3-11-23(12-4-1)33-25-15-7-9-21(17-25)28-20-36-30(32-28)34(24-13-5-2-6-14-24)26-16-8-10-22(18-26)27-19-35-29(33)31-27;1-21(2)15-5-13(7-23-9-15)18-12-28-20(26-18)22(3,4)16-6-14(8-24-10-16)17-11-27-19(21)25-17;;;;/h2*5-20H,1-4H3;1-16,19-20H;7-12H,1-4H3;;;;/q4*-2;4*+2. The molecule has 1 radical (unpaired) electrons. The van der Waals surface area contributed by atoms with Gasteiger partial charge in [0.15, 0.2) is 0 Å². The average molecular weight is 2510 g/mol. The van der Waals surface area contributed by atoms with Gasteiger partial charge in [-0.2, -0.15) is 0 Å². The SMILES string of the molecule is CC1(C)c2[c-]c(cnc2)-c2csc(n2)C(C)(C)c2[c-]c(cnc2)-c2csc1n2.CC1(C)c2ccc([n-]2)-c2cn(-c3ccccc3)c(n2)C(C)(C)c2ccc([n-]2)-c2cn(-c3ccccc3)c1n2.CC1(C)c2ccc([n-]2)-c2cn(-c3ccccc3)c(n2)C(C)(C)c2ccc([n-]2)-c2cn(-c3ccccc3)c1n2.[Cu+2].[Pt+2].[Pt+2].[Pt+2].[c-]1c2cccc1N(c1ccccc1)c1nc(co1)-c1[c-]c(ccc1)N(c1ccccc1)c1nc-2co1. The molecule has 721 valence electrons. The van der Waals surface area contributed by atoms with Crippen molar-refractivity contribution in [2.75, 3.05) is 9.80 Å². The third-order valence-corrected chi connectivity index (χ3v) is 29.0. The number of rotatable bonds is 6. The van der Waals surface area contributed by atoms with Crippen molar-refractivity contribution in [3.05, 3.63) is 431 Å². The zero-order valence-corrected chi connectivity index (χ0v) is 89.6. The van der Waals surface area contributed by atoms with Crippen LogP contribution in [0.5, 0.6) is 0 Å². The summed E-state index contributed by atoms with van der Waals surface area (Å²) < 4.78 is 20.7. The second-order valence-corrected chi connectivity index (χ2v) is 40.0. The number of imidazole rings is 4. The Morgan fingerprint density at radius 1 is 0.264 bits per heavy atom. The maximum Gasteiger partial charge on any atom is 2.00 e. The van der Waals surface area contributed by atoms with Gasteiger partial charge in [0.1, 0.15) is 23.3 Å². The molecule has 22 aromatic rings. The smallest absolute Gasteiger partial charge is 0.659 e. The Kier molecular flexibility index (Phi) is 26.9. The number of nitrogens with zero attached hydrogens (tertiary/aromatic N) is 20. The van der Waals surface area contributed by atoms with Gasteiger partial charge in [-0.25, -0.2) is 29.9 Å². The van der Waals surface area contributed by atoms with Gasteiger partial charge in [0.25, 0.3) is 12.0 Å². The van der Waals surface area contributed by atoms with Crippen LogP contribution in [0.1, 0.15) is 150 Å². The number of aromatic nitrogens is 18. The van der Waals surface area contributed by atoms with Gasteiger partial charge in [-0.05, 0) is 94.9 Å². The van der Waals surface area contributed by atoms with Crippen molar-refractivity contribution in [3.63, 3.8) is 0 Å². The Hall–Kier alpha value is -14.1. The van der Waals surface area contributed by atoms with E-state index < -0.39 is 21.7 Å². The normalized spacial score (nSPS) is 14.3. The Morgan fingerprint density at radius 2 is 0.542 bits per heavy atom. The minimum Gasteiger partial charge on any atom is -0.659 e. The quantitative estimate of drug-likeness (QED) is 0.111. The average Bonchev–Trinajstić information content (AvgIpc) is 1.59. The number of oxazole rings is 2. The number of thiazole rings is 2. The van der Waals surface area contributed by atoms with E-state index in [0.717, 1.165) is 192 Å². The summed E-state index contributed by atoms with van der Waals surface area (Å²) in [4.78, 5) is 73.6. The Labute approximate surface area is 896 Å². The van der Waals surface area contributed by atoms with Crippen molar-refractivity contribution in [2.45, 2.75) is 116 Å². The molecule has 22 nitrogen and oxygen atoms in total. The van der Waals surface area contributed by atoms with E-state index in [2.05, 4.69) is 317 Å². The van der Waals surface area contributed by atoms with Crippen LogP contribution < -0.4 is 29.7 Å². The summed E-state index contributed by atoms with van der Waals surface area (Å²) in [5, 5.41) is 6.21. The molecule has 4 aliphatic rings. The van der Waals surface area contributed by atoms with E-state index >= 15 is 0 Å². The Bertz CT molecular complexity index is 7570. The van der Waals surface area contributed by atoms with Gasteiger partial charge in [-0.1, -0.05) is 266 Å². The molecular formula is C116H92CuN20O2Pt3S2. The number of fused-ring (bicyclic) bond motifs is 40. The second kappa shape index (κ2) is 39.2. The van der Waals surface area contributed by atoms with Crippen LogP contribution >= 0.6 is 22.7 Å². The Balaban J connectivity index is 0.000000121. The fourth-order valence-electron chi connectivity index (χ4n) is 18.4. The minimum atomic E-state index is -0.462. The van der Waals surface area contributed by atoms with E-state index in [1.54, 1.807) is 35.2 Å². The summed E-state index contributed by atoms with van der Waals surface area (Å²) in [6, 6.07) is 105. The fourth-order valence-corrected chi connectivity index (χ4v) is 20.3. The number of pyridine rings is 2. The molecule has 26 rings (SSSR count). The zero-order chi connectivity index (χ0) is 95.6. The van der Waals surface area contributed by atoms with Crippen LogP contribution in [0.15, 0.2) is 349 Å². The molecule has 8 aromatic carbocycles. The van der Waals surface area contributed by atoms with Crippen LogP contribution in [-0.2, 0) is 113 Å². The number of hydrogen-bond acceptors (Lipinski definition) is 16. The minimum absolute atomic E-state index is 0.